The molecule has 2 aliphatic heterocycles. The van der Waals surface area contributed by atoms with E-state index in [2.05, 4.69) is 5.32 Å². The molecule has 5 rings (SSSR count). The number of hydrogen-bond donors (Lipinski definition) is 4. The Morgan fingerprint density at radius 3 is 2.65 bits per heavy atom. The van der Waals surface area contributed by atoms with Gasteiger partial charge in [0.2, 0.25) is 11.8 Å². The number of rotatable bonds is 7. The molecular formula is C25H24N2O7. The number of aliphatic hydroxyl groups is 1. The standard InChI is InChI=1S/C25H24N2O7/c1-32-18-10-15(12-28)9-16(11-18)13-33-24(31)26-14-25-8-7-19(34-25)20-21(25)23(30)27(22(20)29)17-5-3-2-4-6-17/h2-11,19,28-30H,12-14H2,1H3,(H,26,31). The van der Waals surface area contributed by atoms with Crippen molar-refractivity contribution in [3.8, 4) is 23.2 Å². The van der Waals surface area contributed by atoms with Crippen molar-refractivity contribution < 1.29 is 34.3 Å². The maximum atomic E-state index is 12.4. The molecule has 0 spiro atoms. The molecule has 4 N–H and O–H groups in total. The smallest absolute Gasteiger partial charge is 0.407 e. The van der Waals surface area contributed by atoms with Gasteiger partial charge in [-0.05, 0) is 47.5 Å². The Bertz CT molecular complexity index is 1250. The average Bonchev–Trinajstić information content (AvgIpc) is 3.51. The zero-order valence-corrected chi connectivity index (χ0v) is 18.4. The van der Waals surface area contributed by atoms with Crippen LogP contribution in [0.15, 0.2) is 60.7 Å². The number of para-hydroxylation sites is 1. The predicted octanol–water partition coefficient (Wildman–Crippen LogP) is 3.15. The van der Waals surface area contributed by atoms with Crippen molar-refractivity contribution in [2.45, 2.75) is 24.9 Å². The summed E-state index contributed by atoms with van der Waals surface area (Å²) >= 11 is 0. The van der Waals surface area contributed by atoms with E-state index >= 15 is 0 Å². The fraction of sp³-hybridized carbons (Fsp3) is 0.240. The highest BCUT2D eigenvalue weighted by atomic mass is 16.6. The molecule has 3 heterocycles. The third-order valence-electron chi connectivity index (χ3n) is 6.07. The molecule has 0 radical (unpaired) electrons. The number of carbonyl (C=O) groups excluding carboxylic acids is 1. The Kier molecular flexibility index (Phi) is 5.43. The van der Waals surface area contributed by atoms with Crippen LogP contribution in [0.25, 0.3) is 5.69 Å². The molecule has 1 aromatic heterocycles. The van der Waals surface area contributed by atoms with Crippen molar-refractivity contribution in [2.24, 2.45) is 0 Å². The summed E-state index contributed by atoms with van der Waals surface area (Å²) in [6.45, 7) is -0.188. The van der Waals surface area contributed by atoms with E-state index in [1.807, 2.05) is 18.2 Å². The lowest BCUT2D eigenvalue weighted by Gasteiger charge is -2.24. The maximum Gasteiger partial charge on any atom is 0.407 e. The number of nitrogens with zero attached hydrogens (tertiary/aromatic N) is 1. The van der Waals surface area contributed by atoms with Gasteiger partial charge in [0.25, 0.3) is 0 Å². The van der Waals surface area contributed by atoms with E-state index in [4.69, 9.17) is 14.2 Å². The zero-order chi connectivity index (χ0) is 23.9. The van der Waals surface area contributed by atoms with Gasteiger partial charge < -0.3 is 34.8 Å². The first kappa shape index (κ1) is 21.9. The summed E-state index contributed by atoms with van der Waals surface area (Å²) in [5.41, 5.74) is 1.69. The molecule has 0 fully saturated rings. The van der Waals surface area contributed by atoms with Crippen LogP contribution in [0.3, 0.4) is 0 Å². The van der Waals surface area contributed by atoms with Crippen molar-refractivity contribution in [2.75, 3.05) is 13.7 Å². The number of ether oxygens (including phenoxy) is 3. The molecule has 0 saturated heterocycles. The summed E-state index contributed by atoms with van der Waals surface area (Å²) in [5, 5.41) is 33.9. The number of hydrogen-bond acceptors (Lipinski definition) is 7. The minimum absolute atomic E-state index is 0.00234. The van der Waals surface area contributed by atoms with Crippen LogP contribution in [0.4, 0.5) is 4.79 Å². The lowest BCUT2D eigenvalue weighted by molar-refractivity contribution is -0.00482. The first-order valence-electron chi connectivity index (χ1n) is 10.7. The van der Waals surface area contributed by atoms with Crippen LogP contribution < -0.4 is 10.1 Å². The van der Waals surface area contributed by atoms with Crippen LogP contribution in [0.2, 0.25) is 0 Å². The second-order valence-corrected chi connectivity index (χ2v) is 8.17. The van der Waals surface area contributed by atoms with E-state index in [1.54, 1.807) is 42.5 Å². The molecule has 3 aromatic rings. The number of aromatic nitrogens is 1. The second kappa shape index (κ2) is 8.44. The van der Waals surface area contributed by atoms with Crippen LogP contribution in [0.5, 0.6) is 17.5 Å². The number of alkyl carbamates (subject to hydrolysis) is 1. The number of nitrogens with one attached hydrogen (secondary N) is 1. The normalized spacial score (nSPS) is 19.8. The van der Waals surface area contributed by atoms with Crippen molar-refractivity contribution in [1.82, 2.24) is 9.88 Å². The molecule has 34 heavy (non-hydrogen) atoms. The molecular weight excluding hydrogens is 440 g/mol. The van der Waals surface area contributed by atoms with E-state index in [1.165, 1.54) is 11.7 Å². The Labute approximate surface area is 195 Å². The molecule has 2 aromatic carbocycles. The Morgan fingerprint density at radius 1 is 1.15 bits per heavy atom. The quantitative estimate of drug-likeness (QED) is 0.396. The molecule has 1 amide bonds. The summed E-state index contributed by atoms with van der Waals surface area (Å²) < 4.78 is 17.9. The van der Waals surface area contributed by atoms with Crippen LogP contribution in [0.1, 0.15) is 28.4 Å². The molecule has 176 valence electrons. The minimum Gasteiger partial charge on any atom is -0.497 e. The maximum absolute atomic E-state index is 12.4. The van der Waals surface area contributed by atoms with Gasteiger partial charge >= 0.3 is 6.09 Å². The summed E-state index contributed by atoms with van der Waals surface area (Å²) in [7, 11) is 1.52. The first-order valence-corrected chi connectivity index (χ1v) is 10.7. The van der Waals surface area contributed by atoms with Gasteiger partial charge in [0.1, 0.15) is 24.1 Å². The molecule has 2 aliphatic rings. The van der Waals surface area contributed by atoms with Crippen LogP contribution >= 0.6 is 0 Å². The van der Waals surface area contributed by atoms with Crippen molar-refractivity contribution in [3.05, 3.63) is 82.9 Å². The van der Waals surface area contributed by atoms with E-state index in [0.29, 0.717) is 33.7 Å². The van der Waals surface area contributed by atoms with Gasteiger partial charge in [0, 0.05) is 0 Å². The predicted molar refractivity (Wildman–Crippen MR) is 121 cm³/mol. The SMILES string of the molecule is COc1cc(CO)cc(COC(=O)NCC23C=CC(O2)c2c3c(O)n(-c3ccccc3)c2O)c1. The largest absolute Gasteiger partial charge is 0.497 e. The van der Waals surface area contributed by atoms with Gasteiger partial charge in [-0.2, -0.15) is 0 Å². The minimum atomic E-state index is -1.12. The third kappa shape index (κ3) is 3.55. The second-order valence-electron chi connectivity index (χ2n) is 8.17. The number of benzene rings is 2. The van der Waals surface area contributed by atoms with Gasteiger partial charge in [-0.3, -0.25) is 4.57 Å². The monoisotopic (exact) mass is 464 g/mol. The fourth-order valence-electron chi connectivity index (χ4n) is 4.53. The van der Waals surface area contributed by atoms with Gasteiger partial charge in [-0.25, -0.2) is 4.79 Å². The number of aliphatic hydroxyl groups excluding tert-OH is 1. The molecule has 0 saturated carbocycles. The molecule has 2 atom stereocenters. The van der Waals surface area contributed by atoms with E-state index < -0.39 is 17.8 Å². The molecule has 0 aliphatic carbocycles. The van der Waals surface area contributed by atoms with Crippen LogP contribution in [-0.4, -0.2) is 39.6 Å². The van der Waals surface area contributed by atoms with E-state index in [9.17, 15) is 20.1 Å². The van der Waals surface area contributed by atoms with Gasteiger partial charge in [0.05, 0.1) is 37.1 Å². The average molecular weight is 464 g/mol. The van der Waals surface area contributed by atoms with Crippen molar-refractivity contribution in [1.29, 1.82) is 0 Å². The zero-order valence-electron chi connectivity index (χ0n) is 18.4. The molecule has 9 nitrogen and oxygen atoms in total. The summed E-state index contributed by atoms with van der Waals surface area (Å²) in [4.78, 5) is 12.4. The van der Waals surface area contributed by atoms with E-state index in [0.717, 1.165) is 0 Å². The Hall–Kier alpha value is -3.95. The number of fused-ring (bicyclic) bond motifs is 5. The van der Waals surface area contributed by atoms with E-state index in [-0.39, 0.29) is 31.5 Å². The van der Waals surface area contributed by atoms with Gasteiger partial charge in [-0.1, -0.05) is 24.3 Å². The highest BCUT2D eigenvalue weighted by Gasteiger charge is 2.53. The number of carbonyl (C=O) groups is 1. The fourth-order valence-corrected chi connectivity index (χ4v) is 4.53. The highest BCUT2D eigenvalue weighted by molar-refractivity contribution is 5.68. The number of methoxy groups -OCH3 is 1. The summed E-state index contributed by atoms with van der Waals surface area (Å²) in [6, 6.07) is 14.1. The number of amides is 1. The molecule has 2 bridgehead atoms. The lowest BCUT2D eigenvalue weighted by Crippen LogP contribution is -2.38. The van der Waals surface area contributed by atoms with Gasteiger partial charge in [0.15, 0.2) is 0 Å². The topological polar surface area (TPSA) is 122 Å². The van der Waals surface area contributed by atoms with Crippen LogP contribution in [0, 0.1) is 0 Å². The van der Waals surface area contributed by atoms with Crippen molar-refractivity contribution >= 4 is 6.09 Å². The number of aromatic hydroxyl groups is 2. The molecule has 2 unspecified atom stereocenters. The lowest BCUT2D eigenvalue weighted by atomic mass is 9.89. The van der Waals surface area contributed by atoms with Gasteiger partial charge in [-0.15, -0.1) is 0 Å². The highest BCUT2D eigenvalue weighted by Crippen LogP contribution is 2.58. The Morgan fingerprint density at radius 2 is 1.91 bits per heavy atom. The van der Waals surface area contributed by atoms with Crippen LogP contribution in [-0.2, 0) is 28.3 Å². The Balaban J connectivity index is 1.31. The summed E-state index contributed by atoms with van der Waals surface area (Å²) in [5.74, 6) is 0.306. The van der Waals surface area contributed by atoms with Crippen molar-refractivity contribution in [3.63, 3.8) is 0 Å². The first-order chi connectivity index (χ1) is 16.5. The summed E-state index contributed by atoms with van der Waals surface area (Å²) in [6.07, 6.45) is 2.35. The third-order valence-corrected chi connectivity index (χ3v) is 6.07. The molecule has 9 heteroatoms.